The van der Waals surface area contributed by atoms with Gasteiger partial charge in [-0.2, -0.15) is 0 Å². The highest BCUT2D eigenvalue weighted by Gasteiger charge is 2.13. The number of hydrogen-bond acceptors (Lipinski definition) is 0. The quantitative estimate of drug-likeness (QED) is 0.457. The lowest BCUT2D eigenvalue weighted by molar-refractivity contribution is 1.21. The molecule has 102 valence electrons. The summed E-state index contributed by atoms with van der Waals surface area (Å²) in [6.07, 6.45) is 9.85. The molecule has 0 heteroatoms. The Morgan fingerprint density at radius 2 is 1.48 bits per heavy atom. The highest BCUT2D eigenvalue weighted by molar-refractivity contribution is 6.03. The third-order valence-electron chi connectivity index (χ3n) is 4.71. The van der Waals surface area contributed by atoms with E-state index in [0.29, 0.717) is 0 Å². The lowest BCUT2D eigenvalue weighted by Gasteiger charge is -2.16. The molecule has 0 atom stereocenters. The minimum Gasteiger partial charge on any atom is -0.0801 e. The molecule has 0 aliphatic heterocycles. The van der Waals surface area contributed by atoms with Crippen molar-refractivity contribution >= 4 is 27.6 Å². The van der Waals surface area contributed by atoms with Crippen molar-refractivity contribution < 1.29 is 0 Å². The average molecular weight is 270 g/mol. The fourth-order valence-electron chi connectivity index (χ4n) is 3.50. The van der Waals surface area contributed by atoms with Gasteiger partial charge < -0.3 is 0 Å². The summed E-state index contributed by atoms with van der Waals surface area (Å²) >= 11 is 0. The largest absolute Gasteiger partial charge is 0.0801 e. The smallest absolute Gasteiger partial charge is 0.00854 e. The van der Waals surface area contributed by atoms with Crippen molar-refractivity contribution in [3.63, 3.8) is 0 Å². The third kappa shape index (κ3) is 1.83. The van der Waals surface area contributed by atoms with Crippen molar-refractivity contribution in [3.05, 3.63) is 76.9 Å². The highest BCUT2D eigenvalue weighted by Crippen LogP contribution is 2.34. The highest BCUT2D eigenvalue weighted by atomic mass is 14.2. The van der Waals surface area contributed by atoms with Gasteiger partial charge in [0, 0.05) is 0 Å². The third-order valence-corrected chi connectivity index (χ3v) is 4.71. The molecule has 0 bridgehead atoms. The Bertz CT molecular complexity index is 924. The first-order valence-electron chi connectivity index (χ1n) is 7.53. The van der Waals surface area contributed by atoms with Crippen molar-refractivity contribution in [2.45, 2.75) is 20.3 Å². The van der Waals surface area contributed by atoms with Crippen molar-refractivity contribution in [2.24, 2.45) is 0 Å². The van der Waals surface area contributed by atoms with Crippen molar-refractivity contribution in [1.29, 1.82) is 0 Å². The van der Waals surface area contributed by atoms with Crippen molar-refractivity contribution in [1.82, 2.24) is 0 Å². The minimum absolute atomic E-state index is 1.03. The van der Waals surface area contributed by atoms with Crippen LogP contribution in [0.4, 0.5) is 0 Å². The second-order valence-electron chi connectivity index (χ2n) is 5.88. The first-order valence-corrected chi connectivity index (χ1v) is 7.53. The number of hydrogen-bond donors (Lipinski definition) is 0. The van der Waals surface area contributed by atoms with Gasteiger partial charge in [0.05, 0.1) is 0 Å². The normalized spacial score (nSPS) is 13.6. The van der Waals surface area contributed by atoms with E-state index >= 15 is 0 Å². The molecule has 0 N–H and O–H groups in total. The number of fused-ring (bicyclic) bond motifs is 3. The topological polar surface area (TPSA) is 0 Å². The van der Waals surface area contributed by atoms with Gasteiger partial charge in [-0.3, -0.25) is 0 Å². The summed E-state index contributed by atoms with van der Waals surface area (Å²) in [5, 5.41) is 5.43. The predicted molar refractivity (Wildman–Crippen MR) is 92.8 cm³/mol. The van der Waals surface area contributed by atoms with E-state index in [0.717, 1.165) is 6.42 Å². The Kier molecular flexibility index (Phi) is 2.71. The van der Waals surface area contributed by atoms with E-state index in [9.17, 15) is 0 Å². The maximum absolute atomic E-state index is 2.35. The summed E-state index contributed by atoms with van der Waals surface area (Å²) in [5.41, 5.74) is 5.70. The molecule has 1 aliphatic carbocycles. The molecule has 3 aromatic rings. The standard InChI is InChI=1S/C21H18/c1-14-18-10-4-3-5-11-19(18)15(2)21-13-17-9-7-6-8-16(17)12-20(14)21/h3-10,12-13H,11H2,1-2H3. The molecule has 0 spiro atoms. The van der Waals surface area contributed by atoms with Crippen LogP contribution in [0.5, 0.6) is 0 Å². The summed E-state index contributed by atoms with van der Waals surface area (Å²) < 4.78 is 0. The Balaban J connectivity index is 2.19. The zero-order chi connectivity index (χ0) is 14.4. The second-order valence-corrected chi connectivity index (χ2v) is 5.88. The zero-order valence-electron chi connectivity index (χ0n) is 12.5. The molecule has 0 aromatic heterocycles. The van der Waals surface area contributed by atoms with Crippen LogP contribution in [0.15, 0.2) is 54.6 Å². The molecular formula is C21H18. The molecule has 0 radical (unpaired) electrons. The van der Waals surface area contributed by atoms with E-state index in [1.807, 2.05) is 0 Å². The van der Waals surface area contributed by atoms with E-state index in [1.165, 1.54) is 43.8 Å². The Labute approximate surface area is 125 Å². The molecule has 1 aliphatic rings. The number of aryl methyl sites for hydroxylation is 2. The van der Waals surface area contributed by atoms with Gasteiger partial charge in [0.2, 0.25) is 0 Å². The molecule has 3 aromatic carbocycles. The molecule has 0 fully saturated rings. The van der Waals surface area contributed by atoms with Gasteiger partial charge >= 0.3 is 0 Å². The monoisotopic (exact) mass is 270 g/mol. The second kappa shape index (κ2) is 4.60. The van der Waals surface area contributed by atoms with Crippen LogP contribution in [0, 0.1) is 13.8 Å². The summed E-state index contributed by atoms with van der Waals surface area (Å²) in [4.78, 5) is 0. The van der Waals surface area contributed by atoms with Crippen molar-refractivity contribution in [3.8, 4) is 0 Å². The van der Waals surface area contributed by atoms with E-state index in [2.05, 4.69) is 74.5 Å². The number of rotatable bonds is 0. The van der Waals surface area contributed by atoms with Crippen LogP contribution in [0.1, 0.15) is 22.3 Å². The van der Waals surface area contributed by atoms with Gasteiger partial charge in [-0.1, -0.05) is 48.6 Å². The van der Waals surface area contributed by atoms with Gasteiger partial charge in [-0.25, -0.2) is 0 Å². The lowest BCUT2D eigenvalue weighted by atomic mass is 9.88. The molecule has 0 amide bonds. The van der Waals surface area contributed by atoms with Gasteiger partial charge in [0.15, 0.2) is 0 Å². The molecule has 0 saturated carbocycles. The molecule has 0 nitrogen and oxygen atoms in total. The van der Waals surface area contributed by atoms with Crippen LogP contribution >= 0.6 is 0 Å². The SMILES string of the molecule is Cc1c2c(c(C)c3cc4ccccc4cc13)CC=CC=C2. The maximum Gasteiger partial charge on any atom is -0.00854 e. The van der Waals surface area contributed by atoms with Crippen LogP contribution < -0.4 is 0 Å². The van der Waals surface area contributed by atoms with Crippen LogP contribution in [-0.4, -0.2) is 0 Å². The van der Waals surface area contributed by atoms with Gasteiger partial charge in [-0.05, 0) is 76.2 Å². The minimum atomic E-state index is 1.03. The van der Waals surface area contributed by atoms with Gasteiger partial charge in [0.1, 0.15) is 0 Å². The first kappa shape index (κ1) is 12.4. The van der Waals surface area contributed by atoms with Gasteiger partial charge in [-0.15, -0.1) is 0 Å². The van der Waals surface area contributed by atoms with Crippen molar-refractivity contribution in [2.75, 3.05) is 0 Å². The maximum atomic E-state index is 2.35. The molecule has 0 unspecified atom stereocenters. The van der Waals surface area contributed by atoms with Crippen LogP contribution in [-0.2, 0) is 6.42 Å². The molecule has 0 heterocycles. The molecule has 0 saturated heterocycles. The predicted octanol–water partition coefficient (Wildman–Crippen LogP) is 5.74. The Morgan fingerprint density at radius 3 is 2.19 bits per heavy atom. The molecular weight excluding hydrogens is 252 g/mol. The summed E-state index contributed by atoms with van der Waals surface area (Å²) in [6, 6.07) is 13.3. The van der Waals surface area contributed by atoms with E-state index in [1.54, 1.807) is 0 Å². The Hall–Kier alpha value is -2.34. The van der Waals surface area contributed by atoms with Crippen LogP contribution in [0.25, 0.3) is 27.6 Å². The fraction of sp³-hybridized carbons (Fsp3) is 0.143. The first-order chi connectivity index (χ1) is 10.3. The molecule has 4 rings (SSSR count). The molecule has 21 heavy (non-hydrogen) atoms. The average Bonchev–Trinajstić information content (AvgIpc) is 2.77. The lowest BCUT2D eigenvalue weighted by Crippen LogP contribution is -1.97. The van der Waals surface area contributed by atoms with Crippen LogP contribution in [0.2, 0.25) is 0 Å². The summed E-state index contributed by atoms with van der Waals surface area (Å²) in [7, 11) is 0. The van der Waals surface area contributed by atoms with E-state index in [4.69, 9.17) is 0 Å². The number of allylic oxidation sites excluding steroid dienone is 3. The van der Waals surface area contributed by atoms with Gasteiger partial charge in [0.25, 0.3) is 0 Å². The summed E-state index contributed by atoms with van der Waals surface area (Å²) in [5.74, 6) is 0. The van der Waals surface area contributed by atoms with Crippen LogP contribution in [0.3, 0.4) is 0 Å². The van der Waals surface area contributed by atoms with E-state index in [-0.39, 0.29) is 0 Å². The zero-order valence-corrected chi connectivity index (χ0v) is 12.5. The summed E-state index contributed by atoms with van der Waals surface area (Å²) in [6.45, 7) is 4.52. The van der Waals surface area contributed by atoms with E-state index < -0.39 is 0 Å². The fourth-order valence-corrected chi connectivity index (χ4v) is 3.50. The number of benzene rings is 3. The Morgan fingerprint density at radius 1 is 0.810 bits per heavy atom.